The molecule has 2 rings (SSSR count). The molecule has 0 atom stereocenters. The van der Waals surface area contributed by atoms with Crippen LogP contribution in [-0.2, 0) is 17.7 Å². The number of carbonyl (C=O) groups is 1. The van der Waals surface area contributed by atoms with Crippen LogP contribution in [0.1, 0.15) is 16.2 Å². The van der Waals surface area contributed by atoms with Crippen LogP contribution in [0, 0.1) is 0 Å². The fourth-order valence-corrected chi connectivity index (χ4v) is 1.60. The second-order valence-electron chi connectivity index (χ2n) is 3.73. The van der Waals surface area contributed by atoms with Crippen molar-refractivity contribution in [2.75, 3.05) is 12.8 Å². The van der Waals surface area contributed by atoms with Crippen LogP contribution in [0.3, 0.4) is 0 Å². The van der Waals surface area contributed by atoms with Crippen molar-refractivity contribution < 1.29 is 9.53 Å². The van der Waals surface area contributed by atoms with E-state index >= 15 is 0 Å². The average molecular weight is 246 g/mol. The van der Waals surface area contributed by atoms with Crippen LogP contribution in [0.4, 0.5) is 5.82 Å². The molecule has 0 radical (unpaired) electrons. The molecule has 6 nitrogen and oxygen atoms in total. The Hall–Kier alpha value is -2.37. The number of anilines is 1. The average Bonchev–Trinajstić information content (AvgIpc) is 2.78. The maximum absolute atomic E-state index is 11.3. The molecule has 0 aliphatic heterocycles. The van der Waals surface area contributed by atoms with Gasteiger partial charge in [0.15, 0.2) is 5.69 Å². The number of rotatable bonds is 4. The lowest BCUT2D eigenvalue weighted by Gasteiger charge is -2.04. The first-order valence-electron chi connectivity index (χ1n) is 5.51. The van der Waals surface area contributed by atoms with Gasteiger partial charge in [0.2, 0.25) is 0 Å². The van der Waals surface area contributed by atoms with Gasteiger partial charge in [-0.2, -0.15) is 0 Å². The molecule has 18 heavy (non-hydrogen) atoms. The van der Waals surface area contributed by atoms with Gasteiger partial charge in [0.1, 0.15) is 5.82 Å². The second kappa shape index (κ2) is 5.31. The molecule has 0 amide bonds. The summed E-state index contributed by atoms with van der Waals surface area (Å²) in [5.41, 5.74) is 6.94. The number of nitrogens with two attached hydrogens (primary N) is 1. The van der Waals surface area contributed by atoms with Gasteiger partial charge in [-0.25, -0.2) is 9.78 Å². The van der Waals surface area contributed by atoms with Crippen molar-refractivity contribution in [3.63, 3.8) is 0 Å². The Bertz CT molecular complexity index is 536. The Balaban J connectivity index is 2.07. The van der Waals surface area contributed by atoms with Crippen molar-refractivity contribution in [1.82, 2.24) is 14.5 Å². The zero-order valence-electron chi connectivity index (χ0n) is 10.0. The molecule has 2 aromatic rings. The van der Waals surface area contributed by atoms with Gasteiger partial charge in [0, 0.05) is 24.9 Å². The van der Waals surface area contributed by atoms with Crippen LogP contribution in [0.2, 0.25) is 0 Å². The highest BCUT2D eigenvalue weighted by atomic mass is 16.5. The molecule has 2 N–H and O–H groups in total. The number of ether oxygens (including phenoxy) is 1. The van der Waals surface area contributed by atoms with Crippen LogP contribution < -0.4 is 5.73 Å². The predicted octanol–water partition coefficient (Wildman–Crippen LogP) is 0.890. The highest BCUT2D eigenvalue weighted by Gasteiger charge is 2.15. The molecule has 0 saturated carbocycles. The lowest BCUT2D eigenvalue weighted by atomic mass is 10.3. The topological polar surface area (TPSA) is 83.0 Å². The first kappa shape index (κ1) is 12.1. The number of imidazole rings is 1. The highest BCUT2D eigenvalue weighted by molar-refractivity contribution is 5.91. The molecule has 0 spiro atoms. The number of esters is 1. The van der Waals surface area contributed by atoms with E-state index in [0.29, 0.717) is 12.4 Å². The van der Waals surface area contributed by atoms with E-state index < -0.39 is 5.97 Å². The van der Waals surface area contributed by atoms with Gasteiger partial charge in [0.05, 0.1) is 13.4 Å². The first-order chi connectivity index (χ1) is 8.72. The number of nitrogens with zero attached hydrogens (tertiary/aromatic N) is 3. The standard InChI is InChI=1S/C12H14N4O2/c1-18-12(17)10-11(13)16(8-15-10)7-5-9-4-2-3-6-14-9/h2-4,6,8H,5,7,13H2,1H3. The lowest BCUT2D eigenvalue weighted by Crippen LogP contribution is -2.09. The molecule has 0 fully saturated rings. The van der Waals surface area contributed by atoms with Gasteiger partial charge < -0.3 is 15.0 Å². The number of methoxy groups -OCH3 is 1. The Kier molecular flexibility index (Phi) is 3.57. The summed E-state index contributed by atoms with van der Waals surface area (Å²) in [7, 11) is 1.30. The minimum absolute atomic E-state index is 0.151. The third-order valence-electron chi connectivity index (χ3n) is 2.59. The molecule has 94 valence electrons. The summed E-state index contributed by atoms with van der Waals surface area (Å²) in [6, 6.07) is 5.73. The van der Waals surface area contributed by atoms with Gasteiger partial charge in [-0.3, -0.25) is 4.98 Å². The Morgan fingerprint density at radius 1 is 1.44 bits per heavy atom. The van der Waals surface area contributed by atoms with Gasteiger partial charge in [-0.15, -0.1) is 0 Å². The Labute approximate surface area is 104 Å². The SMILES string of the molecule is COC(=O)c1ncn(CCc2ccccn2)c1N. The molecule has 0 unspecified atom stereocenters. The van der Waals surface area contributed by atoms with Crippen molar-refractivity contribution in [3.05, 3.63) is 42.1 Å². The fourth-order valence-electron chi connectivity index (χ4n) is 1.60. The van der Waals surface area contributed by atoms with Crippen LogP contribution in [0.15, 0.2) is 30.7 Å². The molecule has 2 aromatic heterocycles. The maximum atomic E-state index is 11.3. The van der Waals surface area contributed by atoms with E-state index in [1.807, 2.05) is 18.2 Å². The van der Waals surface area contributed by atoms with Crippen LogP contribution in [-0.4, -0.2) is 27.6 Å². The number of hydrogen-bond acceptors (Lipinski definition) is 5. The van der Waals surface area contributed by atoms with Crippen molar-refractivity contribution in [3.8, 4) is 0 Å². The van der Waals surface area contributed by atoms with Gasteiger partial charge >= 0.3 is 5.97 Å². The van der Waals surface area contributed by atoms with E-state index in [0.717, 1.165) is 12.1 Å². The van der Waals surface area contributed by atoms with Crippen LogP contribution in [0.25, 0.3) is 0 Å². The molecular formula is C12H14N4O2. The lowest BCUT2D eigenvalue weighted by molar-refractivity contribution is 0.0596. The van der Waals surface area contributed by atoms with E-state index in [4.69, 9.17) is 5.73 Å². The van der Waals surface area contributed by atoms with E-state index in [9.17, 15) is 4.79 Å². The third kappa shape index (κ3) is 2.48. The van der Waals surface area contributed by atoms with Crippen molar-refractivity contribution in [2.45, 2.75) is 13.0 Å². The van der Waals surface area contributed by atoms with Gasteiger partial charge in [-0.05, 0) is 12.1 Å². The summed E-state index contributed by atoms with van der Waals surface area (Å²) in [5, 5.41) is 0. The smallest absolute Gasteiger partial charge is 0.360 e. The summed E-state index contributed by atoms with van der Waals surface area (Å²) in [4.78, 5) is 19.5. The Morgan fingerprint density at radius 2 is 2.28 bits per heavy atom. The molecule has 0 aliphatic rings. The zero-order valence-corrected chi connectivity index (χ0v) is 10.0. The minimum atomic E-state index is -0.524. The third-order valence-corrected chi connectivity index (χ3v) is 2.59. The quantitative estimate of drug-likeness (QED) is 0.810. The number of nitrogen functional groups attached to an aromatic ring is 1. The van der Waals surface area contributed by atoms with Crippen molar-refractivity contribution in [2.24, 2.45) is 0 Å². The molecular weight excluding hydrogens is 232 g/mol. The summed E-state index contributed by atoms with van der Waals surface area (Å²) < 4.78 is 6.30. The first-order valence-corrected chi connectivity index (χ1v) is 5.51. The van der Waals surface area contributed by atoms with E-state index in [-0.39, 0.29) is 5.69 Å². The number of hydrogen-bond donors (Lipinski definition) is 1. The van der Waals surface area contributed by atoms with Crippen LogP contribution >= 0.6 is 0 Å². The summed E-state index contributed by atoms with van der Waals surface area (Å²) >= 11 is 0. The largest absolute Gasteiger partial charge is 0.464 e. The molecule has 0 aliphatic carbocycles. The zero-order chi connectivity index (χ0) is 13.0. The monoisotopic (exact) mass is 246 g/mol. The molecule has 2 heterocycles. The van der Waals surface area contributed by atoms with Crippen molar-refractivity contribution >= 4 is 11.8 Å². The minimum Gasteiger partial charge on any atom is -0.464 e. The number of carbonyl (C=O) groups excluding carboxylic acids is 1. The Morgan fingerprint density at radius 3 is 2.94 bits per heavy atom. The normalized spacial score (nSPS) is 10.3. The second-order valence-corrected chi connectivity index (χ2v) is 3.73. The number of pyridine rings is 1. The molecule has 0 saturated heterocycles. The summed E-state index contributed by atoms with van der Waals surface area (Å²) in [5.74, 6) is -0.207. The van der Waals surface area contributed by atoms with Gasteiger partial charge in [-0.1, -0.05) is 6.07 Å². The summed E-state index contributed by atoms with van der Waals surface area (Å²) in [6.07, 6.45) is 4.00. The van der Waals surface area contributed by atoms with E-state index in [2.05, 4.69) is 14.7 Å². The number of aryl methyl sites for hydroxylation is 2. The van der Waals surface area contributed by atoms with Crippen molar-refractivity contribution in [1.29, 1.82) is 0 Å². The van der Waals surface area contributed by atoms with E-state index in [1.54, 1.807) is 10.8 Å². The van der Waals surface area contributed by atoms with Gasteiger partial charge in [0.25, 0.3) is 0 Å². The number of aromatic nitrogens is 3. The summed E-state index contributed by atoms with van der Waals surface area (Å²) in [6.45, 7) is 0.618. The molecule has 6 heteroatoms. The highest BCUT2D eigenvalue weighted by Crippen LogP contribution is 2.11. The van der Waals surface area contributed by atoms with Crippen LogP contribution in [0.5, 0.6) is 0 Å². The maximum Gasteiger partial charge on any atom is 0.360 e. The van der Waals surface area contributed by atoms with E-state index in [1.165, 1.54) is 13.4 Å². The fraction of sp³-hybridized carbons (Fsp3) is 0.250. The molecule has 0 aromatic carbocycles. The molecule has 0 bridgehead atoms. The predicted molar refractivity (Wildman–Crippen MR) is 65.9 cm³/mol.